The third-order valence-corrected chi connectivity index (χ3v) is 3.46. The second kappa shape index (κ2) is 7.79. The van der Waals surface area contributed by atoms with Crippen molar-refractivity contribution in [1.82, 2.24) is 5.32 Å². The zero-order valence-electron chi connectivity index (χ0n) is 12.2. The first-order valence-electron chi connectivity index (χ1n) is 6.74. The Hall–Kier alpha value is -1.55. The maximum atomic E-state index is 11.8. The van der Waals surface area contributed by atoms with Crippen LogP contribution in [0, 0.1) is 5.92 Å². The van der Waals surface area contributed by atoms with E-state index in [9.17, 15) is 4.79 Å². The largest absolute Gasteiger partial charge is 0.497 e. The van der Waals surface area contributed by atoms with Crippen LogP contribution >= 0.6 is 0 Å². The molecule has 1 aromatic carbocycles. The van der Waals surface area contributed by atoms with Gasteiger partial charge in [-0.25, -0.2) is 0 Å². The van der Waals surface area contributed by atoms with E-state index in [0.717, 1.165) is 17.9 Å². The smallest absolute Gasteiger partial charge is 0.238 e. The van der Waals surface area contributed by atoms with Gasteiger partial charge in [0.2, 0.25) is 5.91 Å². The highest BCUT2D eigenvalue weighted by Crippen LogP contribution is 2.14. The van der Waals surface area contributed by atoms with Crippen LogP contribution in [-0.2, 0) is 4.79 Å². The lowest BCUT2D eigenvalue weighted by Crippen LogP contribution is -2.37. The third-order valence-electron chi connectivity index (χ3n) is 3.46. The lowest BCUT2D eigenvalue weighted by Gasteiger charge is -2.19. The first-order valence-corrected chi connectivity index (χ1v) is 6.74. The van der Waals surface area contributed by atoms with Gasteiger partial charge in [-0.05, 0) is 37.1 Å². The zero-order chi connectivity index (χ0) is 14.3. The molecule has 0 saturated carbocycles. The maximum absolute atomic E-state index is 11.8. The number of carbonyl (C=O) groups is 1. The predicted octanol–water partition coefficient (Wildman–Crippen LogP) is 2.66. The minimum absolute atomic E-state index is 0.0275. The third kappa shape index (κ3) is 5.30. The molecule has 2 unspecified atom stereocenters. The van der Waals surface area contributed by atoms with E-state index >= 15 is 0 Å². The summed E-state index contributed by atoms with van der Waals surface area (Å²) in [6.07, 6.45) is 1.11. The molecular weight excluding hydrogens is 240 g/mol. The van der Waals surface area contributed by atoms with Gasteiger partial charge in [0.15, 0.2) is 0 Å². The monoisotopic (exact) mass is 264 g/mol. The number of methoxy groups -OCH3 is 1. The normalized spacial score (nSPS) is 13.7. The van der Waals surface area contributed by atoms with Crippen LogP contribution < -0.4 is 15.4 Å². The molecule has 19 heavy (non-hydrogen) atoms. The first kappa shape index (κ1) is 15.5. The molecule has 1 amide bonds. The van der Waals surface area contributed by atoms with Crippen LogP contribution in [-0.4, -0.2) is 25.6 Å². The molecule has 0 aliphatic rings. The number of ether oxygens (including phenoxy) is 1. The number of carbonyl (C=O) groups excluding carboxylic acids is 1. The van der Waals surface area contributed by atoms with Gasteiger partial charge in [-0.2, -0.15) is 0 Å². The molecular formula is C15H24N2O2. The van der Waals surface area contributed by atoms with Gasteiger partial charge in [0.25, 0.3) is 0 Å². The molecule has 4 heteroatoms. The minimum Gasteiger partial charge on any atom is -0.497 e. The summed E-state index contributed by atoms with van der Waals surface area (Å²) >= 11 is 0. The Bertz CT molecular complexity index is 390. The number of hydrogen-bond donors (Lipinski definition) is 2. The SMILES string of the molecule is CCC(C)C(C)NCC(=O)Nc1ccc(OC)cc1. The lowest BCUT2D eigenvalue weighted by atomic mass is 10.0. The highest BCUT2D eigenvalue weighted by molar-refractivity contribution is 5.92. The first-order chi connectivity index (χ1) is 9.06. The molecule has 1 rings (SSSR count). The Labute approximate surface area is 115 Å². The van der Waals surface area contributed by atoms with Gasteiger partial charge in [-0.1, -0.05) is 20.3 Å². The van der Waals surface area contributed by atoms with E-state index in [1.807, 2.05) is 24.3 Å². The second-order valence-electron chi connectivity index (χ2n) is 4.83. The van der Waals surface area contributed by atoms with Crippen molar-refractivity contribution >= 4 is 11.6 Å². The van der Waals surface area contributed by atoms with Crippen molar-refractivity contribution in [2.75, 3.05) is 19.0 Å². The standard InChI is InChI=1S/C15H24N2O2/c1-5-11(2)12(3)16-10-15(18)17-13-6-8-14(19-4)9-7-13/h6-9,11-12,16H,5,10H2,1-4H3,(H,17,18). The van der Waals surface area contributed by atoms with E-state index in [1.54, 1.807) is 7.11 Å². The number of nitrogens with one attached hydrogen (secondary N) is 2. The van der Waals surface area contributed by atoms with Crippen molar-refractivity contribution in [1.29, 1.82) is 0 Å². The summed E-state index contributed by atoms with van der Waals surface area (Å²) in [5.74, 6) is 1.32. The molecule has 2 atom stereocenters. The second-order valence-corrected chi connectivity index (χ2v) is 4.83. The van der Waals surface area contributed by atoms with Crippen molar-refractivity contribution in [2.45, 2.75) is 33.2 Å². The molecule has 2 N–H and O–H groups in total. The van der Waals surface area contributed by atoms with Crippen LogP contribution in [0.5, 0.6) is 5.75 Å². The molecule has 0 aliphatic heterocycles. The fraction of sp³-hybridized carbons (Fsp3) is 0.533. The van der Waals surface area contributed by atoms with E-state index in [-0.39, 0.29) is 5.91 Å². The number of anilines is 1. The van der Waals surface area contributed by atoms with E-state index in [0.29, 0.717) is 18.5 Å². The molecule has 0 radical (unpaired) electrons. The zero-order valence-corrected chi connectivity index (χ0v) is 12.2. The number of rotatable bonds is 7. The van der Waals surface area contributed by atoms with Crippen molar-refractivity contribution in [3.8, 4) is 5.75 Å². The van der Waals surface area contributed by atoms with Crippen LogP contribution in [0.1, 0.15) is 27.2 Å². The van der Waals surface area contributed by atoms with Gasteiger partial charge >= 0.3 is 0 Å². The molecule has 4 nitrogen and oxygen atoms in total. The average Bonchev–Trinajstić information content (AvgIpc) is 2.44. The molecule has 0 aromatic heterocycles. The fourth-order valence-corrected chi connectivity index (χ4v) is 1.69. The van der Waals surface area contributed by atoms with Crippen LogP contribution in [0.3, 0.4) is 0 Å². The predicted molar refractivity (Wildman–Crippen MR) is 78.5 cm³/mol. The Balaban J connectivity index is 2.38. The summed E-state index contributed by atoms with van der Waals surface area (Å²) in [5.41, 5.74) is 0.781. The van der Waals surface area contributed by atoms with Crippen molar-refractivity contribution in [2.24, 2.45) is 5.92 Å². The quantitative estimate of drug-likeness (QED) is 0.796. The summed E-state index contributed by atoms with van der Waals surface area (Å²) in [6, 6.07) is 7.64. The van der Waals surface area contributed by atoms with Crippen LogP contribution in [0.25, 0.3) is 0 Å². The van der Waals surface area contributed by atoms with Gasteiger partial charge in [0, 0.05) is 11.7 Å². The average molecular weight is 264 g/mol. The Morgan fingerprint density at radius 2 is 1.89 bits per heavy atom. The molecule has 0 spiro atoms. The van der Waals surface area contributed by atoms with Crippen molar-refractivity contribution < 1.29 is 9.53 Å². The molecule has 0 heterocycles. The Morgan fingerprint density at radius 1 is 1.26 bits per heavy atom. The summed E-state index contributed by atoms with van der Waals surface area (Å²) in [7, 11) is 1.62. The van der Waals surface area contributed by atoms with E-state index in [1.165, 1.54) is 0 Å². The molecule has 0 bridgehead atoms. The van der Waals surface area contributed by atoms with Gasteiger partial charge < -0.3 is 15.4 Å². The fourth-order valence-electron chi connectivity index (χ4n) is 1.69. The van der Waals surface area contributed by atoms with Gasteiger partial charge in [0.1, 0.15) is 5.75 Å². The lowest BCUT2D eigenvalue weighted by molar-refractivity contribution is -0.115. The molecule has 0 fully saturated rings. The van der Waals surface area contributed by atoms with Crippen LogP contribution in [0.4, 0.5) is 5.69 Å². The van der Waals surface area contributed by atoms with E-state index < -0.39 is 0 Å². The topological polar surface area (TPSA) is 50.4 Å². The number of benzene rings is 1. The Morgan fingerprint density at radius 3 is 2.42 bits per heavy atom. The summed E-state index contributed by atoms with van der Waals surface area (Å²) in [5, 5.41) is 6.09. The van der Waals surface area contributed by atoms with Crippen LogP contribution in [0.2, 0.25) is 0 Å². The van der Waals surface area contributed by atoms with Crippen LogP contribution in [0.15, 0.2) is 24.3 Å². The highest BCUT2D eigenvalue weighted by atomic mass is 16.5. The van der Waals surface area contributed by atoms with E-state index in [2.05, 4.69) is 31.4 Å². The molecule has 1 aromatic rings. The van der Waals surface area contributed by atoms with Crippen molar-refractivity contribution in [3.05, 3.63) is 24.3 Å². The van der Waals surface area contributed by atoms with Gasteiger partial charge in [0.05, 0.1) is 13.7 Å². The maximum Gasteiger partial charge on any atom is 0.238 e. The Kier molecular flexibility index (Phi) is 6.36. The molecule has 0 aliphatic carbocycles. The van der Waals surface area contributed by atoms with E-state index in [4.69, 9.17) is 4.74 Å². The van der Waals surface area contributed by atoms with Gasteiger partial charge in [-0.3, -0.25) is 4.79 Å². The summed E-state index contributed by atoms with van der Waals surface area (Å²) in [6.45, 7) is 6.77. The highest BCUT2D eigenvalue weighted by Gasteiger charge is 2.11. The number of amides is 1. The molecule has 0 saturated heterocycles. The van der Waals surface area contributed by atoms with Crippen molar-refractivity contribution in [3.63, 3.8) is 0 Å². The minimum atomic E-state index is -0.0275. The summed E-state index contributed by atoms with van der Waals surface area (Å²) in [4.78, 5) is 11.8. The number of hydrogen-bond acceptors (Lipinski definition) is 3. The molecule has 106 valence electrons. The summed E-state index contributed by atoms with van der Waals surface area (Å²) < 4.78 is 5.07. The van der Waals surface area contributed by atoms with Gasteiger partial charge in [-0.15, -0.1) is 0 Å².